The van der Waals surface area contributed by atoms with Crippen LogP contribution < -0.4 is 10.5 Å². The summed E-state index contributed by atoms with van der Waals surface area (Å²) < 4.78 is 5.62. The molecule has 0 unspecified atom stereocenters. The second-order valence-corrected chi connectivity index (χ2v) is 5.10. The SMILES string of the molecule is Cc1cc(N)ccc1C(=O)c1cccc(OC(C)C)c1. The molecule has 0 spiro atoms. The molecule has 0 saturated heterocycles. The molecule has 2 aromatic carbocycles. The molecule has 0 aromatic heterocycles. The van der Waals surface area contributed by atoms with E-state index in [1.807, 2.05) is 39.0 Å². The lowest BCUT2D eigenvalue weighted by Gasteiger charge is -2.11. The number of nitrogen functional groups attached to an aromatic ring is 1. The lowest BCUT2D eigenvalue weighted by molar-refractivity contribution is 0.103. The van der Waals surface area contributed by atoms with Crippen molar-refractivity contribution < 1.29 is 9.53 Å². The molecule has 2 rings (SSSR count). The summed E-state index contributed by atoms with van der Waals surface area (Å²) in [4.78, 5) is 12.5. The first-order valence-corrected chi connectivity index (χ1v) is 6.65. The largest absolute Gasteiger partial charge is 0.491 e. The second kappa shape index (κ2) is 5.78. The quantitative estimate of drug-likeness (QED) is 0.681. The van der Waals surface area contributed by atoms with E-state index in [2.05, 4.69) is 0 Å². The summed E-state index contributed by atoms with van der Waals surface area (Å²) >= 11 is 0. The van der Waals surface area contributed by atoms with Gasteiger partial charge in [-0.1, -0.05) is 12.1 Å². The summed E-state index contributed by atoms with van der Waals surface area (Å²) in [6.45, 7) is 5.80. The number of hydrogen-bond acceptors (Lipinski definition) is 3. The molecule has 0 atom stereocenters. The fourth-order valence-electron chi connectivity index (χ4n) is 2.08. The van der Waals surface area contributed by atoms with E-state index in [-0.39, 0.29) is 11.9 Å². The highest BCUT2D eigenvalue weighted by molar-refractivity contribution is 6.10. The van der Waals surface area contributed by atoms with Crippen LogP contribution in [0.5, 0.6) is 5.75 Å². The van der Waals surface area contributed by atoms with E-state index < -0.39 is 0 Å². The van der Waals surface area contributed by atoms with Gasteiger partial charge in [0.05, 0.1) is 6.10 Å². The molecule has 0 radical (unpaired) electrons. The fourth-order valence-corrected chi connectivity index (χ4v) is 2.08. The van der Waals surface area contributed by atoms with Gasteiger partial charge in [-0.25, -0.2) is 0 Å². The Bertz CT molecular complexity index is 633. The second-order valence-electron chi connectivity index (χ2n) is 5.10. The highest BCUT2D eigenvalue weighted by Crippen LogP contribution is 2.20. The average Bonchev–Trinajstić information content (AvgIpc) is 2.37. The van der Waals surface area contributed by atoms with Gasteiger partial charge < -0.3 is 10.5 Å². The van der Waals surface area contributed by atoms with Gasteiger partial charge in [-0.05, 0) is 56.7 Å². The predicted molar refractivity (Wildman–Crippen MR) is 81.2 cm³/mol. The zero-order chi connectivity index (χ0) is 14.7. The van der Waals surface area contributed by atoms with Crippen molar-refractivity contribution in [3.8, 4) is 5.75 Å². The maximum absolute atomic E-state index is 12.5. The maximum atomic E-state index is 12.5. The number of ketones is 1. The zero-order valence-corrected chi connectivity index (χ0v) is 12.0. The van der Waals surface area contributed by atoms with Gasteiger partial charge in [0.2, 0.25) is 0 Å². The van der Waals surface area contributed by atoms with Gasteiger partial charge in [-0.2, -0.15) is 0 Å². The first-order valence-electron chi connectivity index (χ1n) is 6.65. The number of carbonyl (C=O) groups excluding carboxylic acids is 1. The molecule has 3 nitrogen and oxygen atoms in total. The van der Waals surface area contributed by atoms with Crippen molar-refractivity contribution in [2.45, 2.75) is 26.9 Å². The number of carbonyl (C=O) groups is 1. The third-order valence-corrected chi connectivity index (χ3v) is 2.96. The monoisotopic (exact) mass is 269 g/mol. The van der Waals surface area contributed by atoms with Crippen LogP contribution in [-0.2, 0) is 0 Å². The highest BCUT2D eigenvalue weighted by Gasteiger charge is 2.12. The van der Waals surface area contributed by atoms with E-state index in [4.69, 9.17) is 10.5 Å². The molecule has 2 N–H and O–H groups in total. The lowest BCUT2D eigenvalue weighted by Crippen LogP contribution is -2.08. The van der Waals surface area contributed by atoms with Crippen molar-refractivity contribution >= 4 is 11.5 Å². The van der Waals surface area contributed by atoms with Crippen LogP contribution in [0.15, 0.2) is 42.5 Å². The summed E-state index contributed by atoms with van der Waals surface area (Å²) in [5.74, 6) is 0.690. The third kappa shape index (κ3) is 3.18. The molecule has 2 aromatic rings. The molecule has 3 heteroatoms. The Kier molecular flexibility index (Phi) is 4.08. The number of ether oxygens (including phenoxy) is 1. The molecular formula is C17H19NO2. The molecular weight excluding hydrogens is 250 g/mol. The maximum Gasteiger partial charge on any atom is 0.193 e. The standard InChI is InChI=1S/C17H19NO2/c1-11(2)20-15-6-4-5-13(10-15)17(19)16-8-7-14(18)9-12(16)3/h4-11H,18H2,1-3H3. The molecule has 0 aliphatic carbocycles. The molecule has 0 aliphatic rings. The minimum Gasteiger partial charge on any atom is -0.491 e. The van der Waals surface area contributed by atoms with Crippen LogP contribution in [0.3, 0.4) is 0 Å². The van der Waals surface area contributed by atoms with E-state index in [1.165, 1.54) is 0 Å². The van der Waals surface area contributed by atoms with Gasteiger partial charge in [0.15, 0.2) is 5.78 Å². The number of nitrogens with two attached hydrogens (primary N) is 1. The van der Waals surface area contributed by atoms with E-state index in [0.717, 1.165) is 5.56 Å². The van der Waals surface area contributed by atoms with Crippen LogP contribution in [0, 0.1) is 6.92 Å². The summed E-state index contributed by atoms with van der Waals surface area (Å²) in [7, 11) is 0. The highest BCUT2D eigenvalue weighted by atomic mass is 16.5. The van der Waals surface area contributed by atoms with Gasteiger partial charge in [0.1, 0.15) is 5.75 Å². The van der Waals surface area contributed by atoms with Gasteiger partial charge in [-0.15, -0.1) is 0 Å². The molecule has 0 aliphatic heterocycles. The van der Waals surface area contributed by atoms with Crippen LogP contribution in [0.2, 0.25) is 0 Å². The van der Waals surface area contributed by atoms with Crippen molar-refractivity contribution in [1.29, 1.82) is 0 Å². The lowest BCUT2D eigenvalue weighted by atomic mass is 9.98. The van der Waals surface area contributed by atoms with Crippen molar-refractivity contribution in [3.05, 3.63) is 59.2 Å². The zero-order valence-electron chi connectivity index (χ0n) is 12.0. The van der Waals surface area contributed by atoms with Crippen molar-refractivity contribution in [2.75, 3.05) is 5.73 Å². The molecule has 0 amide bonds. The molecule has 0 bridgehead atoms. The van der Waals surface area contributed by atoms with Crippen molar-refractivity contribution in [3.63, 3.8) is 0 Å². The molecule has 0 heterocycles. The minimum absolute atomic E-state index is 0.0169. The number of anilines is 1. The summed E-state index contributed by atoms with van der Waals surface area (Å²) in [5, 5.41) is 0. The summed E-state index contributed by atoms with van der Waals surface area (Å²) in [6, 6.07) is 12.6. The Labute approximate surface area is 119 Å². The van der Waals surface area contributed by atoms with Crippen molar-refractivity contribution in [1.82, 2.24) is 0 Å². The van der Waals surface area contributed by atoms with E-state index in [1.54, 1.807) is 24.3 Å². The minimum atomic E-state index is -0.0169. The van der Waals surface area contributed by atoms with E-state index in [9.17, 15) is 4.79 Å². The normalized spacial score (nSPS) is 10.6. The number of rotatable bonds is 4. The summed E-state index contributed by atoms with van der Waals surface area (Å²) in [6.07, 6.45) is 0.0820. The predicted octanol–water partition coefficient (Wildman–Crippen LogP) is 3.60. The molecule has 0 fully saturated rings. The van der Waals surface area contributed by atoms with Gasteiger partial charge in [0, 0.05) is 16.8 Å². The number of benzene rings is 2. The Hall–Kier alpha value is -2.29. The molecule has 104 valence electrons. The Morgan fingerprint density at radius 1 is 1.15 bits per heavy atom. The van der Waals surface area contributed by atoms with Crippen LogP contribution in [0.1, 0.15) is 35.3 Å². The third-order valence-electron chi connectivity index (χ3n) is 2.96. The van der Waals surface area contributed by atoms with Gasteiger partial charge in [-0.3, -0.25) is 4.79 Å². The first-order chi connectivity index (χ1) is 9.47. The Morgan fingerprint density at radius 2 is 1.90 bits per heavy atom. The number of aryl methyl sites for hydroxylation is 1. The Morgan fingerprint density at radius 3 is 2.55 bits per heavy atom. The molecule has 0 saturated carbocycles. The van der Waals surface area contributed by atoms with Crippen LogP contribution in [0.25, 0.3) is 0 Å². The average molecular weight is 269 g/mol. The van der Waals surface area contributed by atoms with Crippen molar-refractivity contribution in [2.24, 2.45) is 0 Å². The van der Waals surface area contributed by atoms with Crippen LogP contribution in [-0.4, -0.2) is 11.9 Å². The topological polar surface area (TPSA) is 52.3 Å². The first kappa shape index (κ1) is 14.1. The van der Waals surface area contributed by atoms with Crippen LogP contribution in [0.4, 0.5) is 5.69 Å². The van der Waals surface area contributed by atoms with E-state index in [0.29, 0.717) is 22.6 Å². The van der Waals surface area contributed by atoms with E-state index >= 15 is 0 Å². The van der Waals surface area contributed by atoms with Gasteiger partial charge >= 0.3 is 0 Å². The fraction of sp³-hybridized carbons (Fsp3) is 0.235. The molecule has 20 heavy (non-hydrogen) atoms. The smallest absolute Gasteiger partial charge is 0.193 e. The summed E-state index contributed by atoms with van der Waals surface area (Å²) in [5.41, 5.74) is 8.55. The Balaban J connectivity index is 2.33. The number of hydrogen-bond donors (Lipinski definition) is 1. The van der Waals surface area contributed by atoms with Crippen LogP contribution >= 0.6 is 0 Å². The van der Waals surface area contributed by atoms with Gasteiger partial charge in [0.25, 0.3) is 0 Å².